The SMILES string of the molecule is C=C/C(=C(\C)OC)[C@H](Cn1c(=O)n(C(C)(C)C(=O)N2CCCC2)c(=O)c2c(C)c(-n3cccn3)sc21)OC1CCC(=O)CC1. The van der Waals surface area contributed by atoms with Gasteiger partial charge in [-0.25, -0.2) is 14.0 Å². The molecule has 1 amide bonds. The van der Waals surface area contributed by atoms with Gasteiger partial charge in [-0.1, -0.05) is 24.0 Å². The highest BCUT2D eigenvalue weighted by Gasteiger charge is 2.39. The predicted octanol–water partition coefficient (Wildman–Crippen LogP) is 4.08. The average molecular weight is 624 g/mol. The maximum absolute atomic E-state index is 14.6. The van der Waals surface area contributed by atoms with E-state index in [0.29, 0.717) is 70.9 Å². The minimum atomic E-state index is -1.44. The lowest BCUT2D eigenvalue weighted by atomic mass is 9.96. The summed E-state index contributed by atoms with van der Waals surface area (Å²) in [5.74, 6) is 0.532. The molecule has 0 spiro atoms. The Kier molecular flexibility index (Phi) is 9.12. The largest absolute Gasteiger partial charge is 0.501 e. The van der Waals surface area contributed by atoms with E-state index in [2.05, 4.69) is 11.7 Å². The first-order valence-electron chi connectivity index (χ1n) is 15.1. The number of aromatic nitrogens is 4. The molecule has 11 nitrogen and oxygen atoms in total. The van der Waals surface area contributed by atoms with E-state index >= 15 is 0 Å². The molecular formula is C32H41N5O6S. The number of hydrogen-bond acceptors (Lipinski definition) is 8. The van der Waals surface area contributed by atoms with Crippen LogP contribution >= 0.6 is 11.3 Å². The first-order chi connectivity index (χ1) is 21.0. The van der Waals surface area contributed by atoms with Gasteiger partial charge >= 0.3 is 5.69 Å². The van der Waals surface area contributed by atoms with E-state index in [4.69, 9.17) is 9.47 Å². The van der Waals surface area contributed by atoms with Crippen molar-refractivity contribution < 1.29 is 19.1 Å². The lowest BCUT2D eigenvalue weighted by Crippen LogP contribution is -2.56. The molecular weight excluding hydrogens is 582 g/mol. The molecule has 2 aliphatic rings. The van der Waals surface area contributed by atoms with Gasteiger partial charge in [0.15, 0.2) is 0 Å². The Bertz CT molecular complexity index is 1710. The van der Waals surface area contributed by atoms with Crippen molar-refractivity contribution in [3.63, 3.8) is 0 Å². The molecule has 2 fully saturated rings. The van der Waals surface area contributed by atoms with Crippen LogP contribution in [0.1, 0.15) is 64.9 Å². The van der Waals surface area contributed by atoms with Crippen molar-refractivity contribution in [1.82, 2.24) is 23.8 Å². The molecule has 1 saturated carbocycles. The quantitative estimate of drug-likeness (QED) is 0.247. The van der Waals surface area contributed by atoms with Crippen LogP contribution in [0.15, 0.2) is 52.0 Å². The number of ketones is 1. The number of hydrogen-bond donors (Lipinski definition) is 0. The highest BCUT2D eigenvalue weighted by Crippen LogP contribution is 2.33. The molecule has 1 aliphatic carbocycles. The molecule has 3 aromatic rings. The van der Waals surface area contributed by atoms with Gasteiger partial charge in [0.25, 0.3) is 5.56 Å². The molecule has 236 valence electrons. The molecule has 1 aliphatic heterocycles. The van der Waals surface area contributed by atoms with Gasteiger partial charge in [0.2, 0.25) is 5.91 Å². The summed E-state index contributed by atoms with van der Waals surface area (Å²) in [6.07, 6.45) is 8.03. The number of carbonyl (C=O) groups is 2. The van der Waals surface area contributed by atoms with Crippen LogP contribution in [0.3, 0.4) is 0 Å². The molecule has 44 heavy (non-hydrogen) atoms. The van der Waals surface area contributed by atoms with Crippen molar-refractivity contribution in [3.05, 3.63) is 68.8 Å². The molecule has 0 N–H and O–H groups in total. The highest BCUT2D eigenvalue weighted by molar-refractivity contribution is 7.21. The summed E-state index contributed by atoms with van der Waals surface area (Å²) in [4.78, 5) is 56.8. The van der Waals surface area contributed by atoms with Crippen LogP contribution in [-0.2, 0) is 31.1 Å². The highest BCUT2D eigenvalue weighted by atomic mass is 32.1. The molecule has 0 unspecified atom stereocenters. The second kappa shape index (κ2) is 12.7. The van der Waals surface area contributed by atoms with Gasteiger partial charge in [0.1, 0.15) is 27.3 Å². The lowest BCUT2D eigenvalue weighted by molar-refractivity contribution is -0.138. The fraction of sp³-hybridized carbons (Fsp3) is 0.531. The van der Waals surface area contributed by atoms with E-state index < -0.39 is 22.9 Å². The van der Waals surface area contributed by atoms with E-state index in [1.54, 1.807) is 66.6 Å². The summed E-state index contributed by atoms with van der Waals surface area (Å²) in [5.41, 5.74) is -1.22. The number of ether oxygens (including phenoxy) is 2. The maximum Gasteiger partial charge on any atom is 0.333 e. The number of amides is 1. The maximum atomic E-state index is 14.6. The topological polar surface area (TPSA) is 118 Å². The molecule has 0 aromatic carbocycles. The van der Waals surface area contributed by atoms with Crippen LogP contribution in [0.2, 0.25) is 0 Å². The van der Waals surface area contributed by atoms with Crippen LogP contribution in [0, 0.1) is 6.92 Å². The molecule has 0 bridgehead atoms. The Hall–Kier alpha value is -3.77. The van der Waals surface area contributed by atoms with Crippen LogP contribution in [0.5, 0.6) is 0 Å². The van der Waals surface area contributed by atoms with Gasteiger partial charge in [0, 0.05) is 49.5 Å². The Morgan fingerprint density at radius 1 is 1.20 bits per heavy atom. The summed E-state index contributed by atoms with van der Waals surface area (Å²) >= 11 is 1.29. The third kappa shape index (κ3) is 5.72. The van der Waals surface area contributed by atoms with Crippen molar-refractivity contribution in [2.24, 2.45) is 0 Å². The number of likely N-dealkylation sites (tertiary alicyclic amines) is 1. The summed E-state index contributed by atoms with van der Waals surface area (Å²) in [6, 6.07) is 1.79. The van der Waals surface area contributed by atoms with Gasteiger partial charge < -0.3 is 14.4 Å². The Morgan fingerprint density at radius 2 is 1.89 bits per heavy atom. The number of carbonyl (C=O) groups excluding carboxylic acids is 2. The molecule has 4 heterocycles. The molecule has 1 saturated heterocycles. The van der Waals surface area contributed by atoms with Crippen molar-refractivity contribution in [1.29, 1.82) is 0 Å². The van der Waals surface area contributed by atoms with Gasteiger partial charge in [0.05, 0.1) is 30.9 Å². The van der Waals surface area contributed by atoms with E-state index in [0.717, 1.165) is 17.4 Å². The molecule has 12 heteroatoms. The summed E-state index contributed by atoms with van der Waals surface area (Å²) in [7, 11) is 1.56. The van der Waals surface area contributed by atoms with Crippen molar-refractivity contribution in [2.45, 2.75) is 90.5 Å². The first kappa shape index (κ1) is 31.6. The normalized spacial score (nSPS) is 17.7. The minimum absolute atomic E-state index is 0.0363. The van der Waals surface area contributed by atoms with Crippen LogP contribution in [0.25, 0.3) is 15.2 Å². The zero-order chi connectivity index (χ0) is 31.8. The van der Waals surface area contributed by atoms with Gasteiger partial charge in [-0.3, -0.25) is 19.0 Å². The predicted molar refractivity (Wildman–Crippen MR) is 169 cm³/mol. The molecule has 3 aromatic heterocycles. The Balaban J connectivity index is 1.73. The summed E-state index contributed by atoms with van der Waals surface area (Å²) in [6.45, 7) is 12.1. The standard InChI is InChI=1S/C32H41N5O6S/c1-7-24(21(3)42-6)25(43-23-13-11-22(38)12-14-23)19-35-29-26(20(2)28(44-29)36-18-10-15-33-36)27(39)37(31(35)41)32(4,5)30(40)34-16-8-9-17-34/h7,10,15,18,23,25H,1,8-9,11-14,16-17,19H2,2-6H3/b24-21-/t25-/m0/s1. The van der Waals surface area contributed by atoms with E-state index in [1.807, 2.05) is 6.92 Å². The Labute approximate surface area is 260 Å². The number of methoxy groups -OCH3 is 1. The average Bonchev–Trinajstić information content (AvgIpc) is 3.78. The van der Waals surface area contributed by atoms with E-state index in [9.17, 15) is 19.2 Å². The van der Waals surface area contributed by atoms with Gasteiger partial charge in [-0.15, -0.1) is 0 Å². The fourth-order valence-electron chi connectivity index (χ4n) is 6.28. The number of allylic oxidation sites excluding steroid dienone is 1. The van der Waals surface area contributed by atoms with Gasteiger partial charge in [-0.2, -0.15) is 5.10 Å². The zero-order valence-corrected chi connectivity index (χ0v) is 26.9. The Morgan fingerprint density at radius 3 is 2.48 bits per heavy atom. The third-order valence-electron chi connectivity index (χ3n) is 8.85. The first-order valence-corrected chi connectivity index (χ1v) is 15.9. The van der Waals surface area contributed by atoms with Crippen molar-refractivity contribution >= 4 is 33.2 Å². The number of thiophene rings is 1. The zero-order valence-electron chi connectivity index (χ0n) is 26.1. The summed E-state index contributed by atoms with van der Waals surface area (Å²) in [5, 5.41) is 5.44. The third-order valence-corrected chi connectivity index (χ3v) is 10.2. The lowest BCUT2D eigenvalue weighted by Gasteiger charge is -2.32. The number of rotatable bonds is 10. The molecule has 0 radical (unpaired) electrons. The second-order valence-corrected chi connectivity index (χ2v) is 13.0. The minimum Gasteiger partial charge on any atom is -0.501 e. The van der Waals surface area contributed by atoms with Crippen LogP contribution in [-0.4, -0.2) is 67.9 Å². The van der Waals surface area contributed by atoms with Crippen molar-refractivity contribution in [2.75, 3.05) is 20.2 Å². The molecule has 5 rings (SSSR count). The monoisotopic (exact) mass is 623 g/mol. The second-order valence-electron chi connectivity index (χ2n) is 12.0. The fourth-order valence-corrected chi connectivity index (χ4v) is 7.53. The smallest absolute Gasteiger partial charge is 0.333 e. The number of aryl methyl sites for hydroxylation is 1. The van der Waals surface area contributed by atoms with E-state index in [-0.39, 0.29) is 24.3 Å². The number of Topliss-reactive ketones (excluding diaryl/α,β-unsaturated/α-hetero) is 1. The number of nitrogens with zero attached hydrogens (tertiary/aromatic N) is 5. The summed E-state index contributed by atoms with van der Waals surface area (Å²) < 4.78 is 16.5. The van der Waals surface area contributed by atoms with Crippen LogP contribution < -0.4 is 11.2 Å². The van der Waals surface area contributed by atoms with Crippen LogP contribution in [0.4, 0.5) is 0 Å². The van der Waals surface area contributed by atoms with Crippen molar-refractivity contribution in [3.8, 4) is 5.00 Å². The van der Waals surface area contributed by atoms with Gasteiger partial charge in [-0.05, 0) is 59.4 Å². The number of fused-ring (bicyclic) bond motifs is 1. The molecule has 1 atom stereocenters. The van der Waals surface area contributed by atoms with E-state index in [1.165, 1.54) is 11.3 Å².